The van der Waals surface area contributed by atoms with E-state index in [4.69, 9.17) is 10.5 Å². The van der Waals surface area contributed by atoms with E-state index in [1.807, 2.05) is 42.8 Å². The molecule has 18 heavy (non-hydrogen) atoms. The molecule has 0 bridgehead atoms. The zero-order chi connectivity index (χ0) is 13.1. The minimum Gasteiger partial charge on any atom is -0.494 e. The van der Waals surface area contributed by atoms with E-state index in [1.165, 1.54) is 0 Å². The molecule has 0 atom stereocenters. The van der Waals surface area contributed by atoms with Crippen molar-refractivity contribution in [3.63, 3.8) is 0 Å². The highest BCUT2D eigenvalue weighted by molar-refractivity contribution is 9.10. The van der Waals surface area contributed by atoms with Crippen LogP contribution in [0.5, 0.6) is 5.75 Å². The zero-order valence-electron chi connectivity index (χ0n) is 10.5. The molecule has 2 rings (SSSR count). The minimum atomic E-state index is 0.423. The largest absolute Gasteiger partial charge is 0.494 e. The number of rotatable bonds is 4. The molecule has 4 nitrogen and oxygen atoms in total. The van der Waals surface area contributed by atoms with E-state index < -0.39 is 0 Å². The van der Waals surface area contributed by atoms with E-state index in [9.17, 15) is 0 Å². The second-order valence-electron chi connectivity index (χ2n) is 3.89. The lowest BCUT2D eigenvalue weighted by Crippen LogP contribution is -2.05. The van der Waals surface area contributed by atoms with Crippen LogP contribution in [0.3, 0.4) is 0 Å². The summed E-state index contributed by atoms with van der Waals surface area (Å²) in [5, 5.41) is 0. The van der Waals surface area contributed by atoms with Crippen LogP contribution in [-0.2, 0) is 13.6 Å². The maximum Gasteiger partial charge on any atom is 0.132 e. The third-order valence-electron chi connectivity index (χ3n) is 2.77. The van der Waals surface area contributed by atoms with Gasteiger partial charge in [-0.3, -0.25) is 0 Å². The molecule has 1 aromatic carbocycles. The van der Waals surface area contributed by atoms with Crippen molar-refractivity contribution < 1.29 is 4.74 Å². The Labute approximate surface area is 115 Å². The zero-order valence-corrected chi connectivity index (χ0v) is 12.1. The molecule has 2 N–H and O–H groups in total. The fourth-order valence-corrected chi connectivity index (χ4v) is 2.58. The van der Waals surface area contributed by atoms with Gasteiger partial charge in [0.2, 0.25) is 0 Å². The van der Waals surface area contributed by atoms with Crippen LogP contribution in [0.4, 0.5) is 0 Å². The van der Waals surface area contributed by atoms with Gasteiger partial charge < -0.3 is 15.0 Å². The summed E-state index contributed by atoms with van der Waals surface area (Å²) in [5.41, 5.74) is 7.76. The second-order valence-corrected chi connectivity index (χ2v) is 4.64. The van der Waals surface area contributed by atoms with Gasteiger partial charge in [-0.1, -0.05) is 0 Å². The Morgan fingerprint density at radius 2 is 2.00 bits per heavy atom. The maximum atomic E-state index is 5.65. The second kappa shape index (κ2) is 5.54. The van der Waals surface area contributed by atoms with Crippen LogP contribution in [-0.4, -0.2) is 16.2 Å². The molecule has 96 valence electrons. The van der Waals surface area contributed by atoms with Crippen LogP contribution in [0.15, 0.2) is 28.9 Å². The third-order valence-corrected chi connectivity index (χ3v) is 3.32. The standard InChI is InChI=1S/C13H16BrN3O/c1-3-18-10-6-4-9(5-7-10)12-13(14)16-11(8-15)17(12)2/h4-7H,3,8,15H2,1-2H3. The lowest BCUT2D eigenvalue weighted by molar-refractivity contribution is 0.340. The van der Waals surface area contributed by atoms with Crippen LogP contribution in [0.1, 0.15) is 12.7 Å². The van der Waals surface area contributed by atoms with Gasteiger partial charge in [-0.15, -0.1) is 0 Å². The molecular weight excluding hydrogens is 294 g/mol. The van der Waals surface area contributed by atoms with Gasteiger partial charge >= 0.3 is 0 Å². The van der Waals surface area contributed by atoms with Crippen molar-refractivity contribution in [3.05, 3.63) is 34.7 Å². The Morgan fingerprint density at radius 3 is 2.50 bits per heavy atom. The average molecular weight is 310 g/mol. The summed E-state index contributed by atoms with van der Waals surface area (Å²) < 4.78 is 8.24. The lowest BCUT2D eigenvalue weighted by atomic mass is 10.1. The fraction of sp³-hybridized carbons (Fsp3) is 0.308. The molecule has 0 amide bonds. The summed E-state index contributed by atoms with van der Waals surface area (Å²) in [7, 11) is 1.96. The van der Waals surface area contributed by atoms with Gasteiger partial charge in [0.05, 0.1) is 18.8 Å². The van der Waals surface area contributed by atoms with E-state index in [0.29, 0.717) is 13.2 Å². The molecule has 0 unspecified atom stereocenters. The number of nitrogens with zero attached hydrogens (tertiary/aromatic N) is 2. The van der Waals surface area contributed by atoms with E-state index in [-0.39, 0.29) is 0 Å². The molecule has 0 aliphatic heterocycles. The van der Waals surface area contributed by atoms with Gasteiger partial charge in [0.1, 0.15) is 16.2 Å². The Kier molecular flexibility index (Phi) is 4.04. The number of hydrogen-bond acceptors (Lipinski definition) is 3. The Morgan fingerprint density at radius 1 is 1.33 bits per heavy atom. The summed E-state index contributed by atoms with van der Waals surface area (Å²) >= 11 is 3.48. The van der Waals surface area contributed by atoms with E-state index in [1.54, 1.807) is 0 Å². The van der Waals surface area contributed by atoms with Crippen molar-refractivity contribution in [2.45, 2.75) is 13.5 Å². The van der Waals surface area contributed by atoms with Crippen molar-refractivity contribution in [1.29, 1.82) is 0 Å². The van der Waals surface area contributed by atoms with Gasteiger partial charge in [0.15, 0.2) is 0 Å². The highest BCUT2D eigenvalue weighted by Crippen LogP contribution is 2.29. The number of ether oxygens (including phenoxy) is 1. The van der Waals surface area contributed by atoms with Crippen LogP contribution < -0.4 is 10.5 Å². The summed E-state index contributed by atoms with van der Waals surface area (Å²) in [4.78, 5) is 4.39. The smallest absolute Gasteiger partial charge is 0.132 e. The Bertz CT molecular complexity index is 534. The van der Waals surface area contributed by atoms with E-state index in [2.05, 4.69) is 20.9 Å². The van der Waals surface area contributed by atoms with Crippen molar-refractivity contribution in [1.82, 2.24) is 9.55 Å². The normalized spacial score (nSPS) is 10.7. The average Bonchev–Trinajstić information content (AvgIpc) is 2.66. The predicted molar refractivity (Wildman–Crippen MR) is 75.4 cm³/mol. The topological polar surface area (TPSA) is 53.1 Å². The Balaban J connectivity index is 2.39. The first kappa shape index (κ1) is 13.1. The van der Waals surface area contributed by atoms with Gasteiger partial charge in [-0.05, 0) is 47.1 Å². The monoisotopic (exact) mass is 309 g/mol. The molecule has 0 radical (unpaired) electrons. The fourth-order valence-electron chi connectivity index (χ4n) is 1.88. The molecule has 0 saturated carbocycles. The minimum absolute atomic E-state index is 0.423. The maximum absolute atomic E-state index is 5.65. The van der Waals surface area contributed by atoms with Crippen molar-refractivity contribution in [2.75, 3.05) is 6.61 Å². The number of nitrogens with two attached hydrogens (primary N) is 1. The van der Waals surface area contributed by atoms with Crippen LogP contribution in [0.25, 0.3) is 11.3 Å². The van der Waals surface area contributed by atoms with E-state index >= 15 is 0 Å². The lowest BCUT2D eigenvalue weighted by Gasteiger charge is -2.07. The molecule has 0 saturated heterocycles. The first-order valence-electron chi connectivity index (χ1n) is 5.81. The van der Waals surface area contributed by atoms with Crippen molar-refractivity contribution in [3.8, 4) is 17.0 Å². The van der Waals surface area contributed by atoms with Crippen LogP contribution >= 0.6 is 15.9 Å². The molecular formula is C13H16BrN3O. The summed E-state index contributed by atoms with van der Waals surface area (Å²) in [6.45, 7) is 3.07. The van der Waals surface area contributed by atoms with Crippen LogP contribution in [0.2, 0.25) is 0 Å². The molecule has 0 fully saturated rings. The number of halogens is 1. The van der Waals surface area contributed by atoms with E-state index in [0.717, 1.165) is 27.4 Å². The Hall–Kier alpha value is -1.33. The third kappa shape index (κ3) is 2.42. The SMILES string of the molecule is CCOc1ccc(-c2c(Br)nc(CN)n2C)cc1. The first-order valence-corrected chi connectivity index (χ1v) is 6.61. The summed E-state index contributed by atoms with van der Waals surface area (Å²) in [5.74, 6) is 1.73. The molecule has 0 aliphatic rings. The highest BCUT2D eigenvalue weighted by Gasteiger charge is 2.13. The van der Waals surface area contributed by atoms with Crippen LogP contribution in [0, 0.1) is 0 Å². The number of benzene rings is 1. The molecule has 5 heteroatoms. The number of hydrogen-bond donors (Lipinski definition) is 1. The number of aromatic nitrogens is 2. The molecule has 1 aromatic heterocycles. The summed E-state index contributed by atoms with van der Waals surface area (Å²) in [6, 6.07) is 7.96. The quantitative estimate of drug-likeness (QED) is 0.944. The molecule has 1 heterocycles. The van der Waals surface area contributed by atoms with Crippen molar-refractivity contribution >= 4 is 15.9 Å². The molecule has 2 aromatic rings. The predicted octanol–water partition coefficient (Wildman–Crippen LogP) is 2.71. The number of imidazole rings is 1. The molecule has 0 spiro atoms. The first-order chi connectivity index (χ1) is 8.67. The van der Waals surface area contributed by atoms with Gasteiger partial charge in [0, 0.05) is 12.6 Å². The van der Waals surface area contributed by atoms with Gasteiger partial charge in [-0.2, -0.15) is 0 Å². The highest BCUT2D eigenvalue weighted by atomic mass is 79.9. The van der Waals surface area contributed by atoms with Gasteiger partial charge in [0.25, 0.3) is 0 Å². The molecule has 0 aliphatic carbocycles. The van der Waals surface area contributed by atoms with Gasteiger partial charge in [-0.25, -0.2) is 4.98 Å². The summed E-state index contributed by atoms with van der Waals surface area (Å²) in [6.07, 6.45) is 0. The van der Waals surface area contributed by atoms with Crippen molar-refractivity contribution in [2.24, 2.45) is 12.8 Å².